The predicted octanol–water partition coefficient (Wildman–Crippen LogP) is 2.09. The highest BCUT2D eigenvalue weighted by Gasteiger charge is 2.15. The maximum atomic E-state index is 11.9. The molecule has 0 N–H and O–H groups in total. The molecule has 1 heterocycles. The van der Waals surface area contributed by atoms with Crippen molar-refractivity contribution < 1.29 is 14.3 Å². The Balaban J connectivity index is 2.78. The van der Waals surface area contributed by atoms with Crippen LogP contribution in [0.4, 0.5) is 0 Å². The molecule has 1 unspecified atom stereocenters. The molecule has 0 aromatic carbocycles. The van der Waals surface area contributed by atoms with Gasteiger partial charge in [-0.25, -0.2) is 0 Å². The van der Waals surface area contributed by atoms with Crippen LogP contribution < -0.4 is 4.74 Å². The van der Waals surface area contributed by atoms with Gasteiger partial charge in [0.1, 0.15) is 11.9 Å². The Kier molecular flexibility index (Phi) is 4.92. The number of carbonyl (C=O) groups excluding carboxylic acids is 1. The van der Waals surface area contributed by atoms with Gasteiger partial charge >= 0.3 is 0 Å². The summed E-state index contributed by atoms with van der Waals surface area (Å²) in [6.07, 6.45) is 2.68. The second-order valence-electron chi connectivity index (χ2n) is 3.30. The highest BCUT2D eigenvalue weighted by atomic mass is 16.5. The van der Waals surface area contributed by atoms with Crippen LogP contribution >= 0.6 is 0 Å². The van der Waals surface area contributed by atoms with Gasteiger partial charge in [0, 0.05) is 18.4 Å². The van der Waals surface area contributed by atoms with Gasteiger partial charge in [0.05, 0.1) is 12.8 Å². The van der Waals surface area contributed by atoms with E-state index >= 15 is 0 Å². The highest BCUT2D eigenvalue weighted by molar-refractivity contribution is 5.99. The summed E-state index contributed by atoms with van der Waals surface area (Å²) in [5.74, 6) is 0.535. The van der Waals surface area contributed by atoms with Crippen LogP contribution in [0.2, 0.25) is 0 Å². The van der Waals surface area contributed by atoms with Crippen molar-refractivity contribution in [3.8, 4) is 5.75 Å². The number of hydrogen-bond acceptors (Lipinski definition) is 4. The summed E-state index contributed by atoms with van der Waals surface area (Å²) in [7, 11) is 0. The van der Waals surface area contributed by atoms with E-state index in [4.69, 9.17) is 9.47 Å². The first kappa shape index (κ1) is 12.6. The average Bonchev–Trinajstić information content (AvgIpc) is 2.29. The number of nitrogens with zero attached hydrogens (tertiary/aromatic N) is 1. The number of pyridine rings is 1. The van der Waals surface area contributed by atoms with Gasteiger partial charge in [0.25, 0.3) is 0 Å². The molecule has 88 valence electrons. The zero-order chi connectivity index (χ0) is 12.0. The van der Waals surface area contributed by atoms with Crippen LogP contribution in [-0.2, 0) is 4.74 Å². The number of carbonyl (C=O) groups is 1. The molecule has 4 nitrogen and oxygen atoms in total. The Labute approximate surface area is 95.6 Å². The SMILES string of the molecule is CCOc1cncc(C(=O)C(C)OCC)c1. The number of rotatable bonds is 6. The number of ketones is 1. The van der Waals surface area contributed by atoms with E-state index in [0.717, 1.165) is 0 Å². The molecule has 0 bridgehead atoms. The topological polar surface area (TPSA) is 48.4 Å². The minimum Gasteiger partial charge on any atom is -0.492 e. The number of ether oxygens (including phenoxy) is 2. The predicted molar refractivity (Wildman–Crippen MR) is 60.8 cm³/mol. The van der Waals surface area contributed by atoms with Crippen molar-refractivity contribution in [2.45, 2.75) is 26.9 Å². The maximum absolute atomic E-state index is 11.9. The van der Waals surface area contributed by atoms with Crippen molar-refractivity contribution in [3.63, 3.8) is 0 Å². The van der Waals surface area contributed by atoms with E-state index in [0.29, 0.717) is 24.5 Å². The summed E-state index contributed by atoms with van der Waals surface area (Å²) in [6, 6.07) is 1.69. The summed E-state index contributed by atoms with van der Waals surface area (Å²) < 4.78 is 10.5. The van der Waals surface area contributed by atoms with Crippen LogP contribution in [0.3, 0.4) is 0 Å². The second kappa shape index (κ2) is 6.23. The maximum Gasteiger partial charge on any atom is 0.192 e. The molecule has 0 spiro atoms. The van der Waals surface area contributed by atoms with E-state index in [1.165, 1.54) is 6.20 Å². The summed E-state index contributed by atoms with van der Waals surface area (Å²) in [4.78, 5) is 15.8. The van der Waals surface area contributed by atoms with Crippen LogP contribution in [0.15, 0.2) is 18.5 Å². The first-order valence-corrected chi connectivity index (χ1v) is 5.42. The minimum absolute atomic E-state index is 0.0732. The first-order chi connectivity index (χ1) is 7.69. The molecular weight excluding hydrogens is 206 g/mol. The minimum atomic E-state index is -0.441. The molecule has 0 aliphatic rings. The molecule has 0 saturated heterocycles. The molecular formula is C12H17NO3. The fourth-order valence-electron chi connectivity index (χ4n) is 1.36. The largest absolute Gasteiger partial charge is 0.492 e. The quantitative estimate of drug-likeness (QED) is 0.693. The van der Waals surface area contributed by atoms with Gasteiger partial charge in [-0.1, -0.05) is 0 Å². The lowest BCUT2D eigenvalue weighted by molar-refractivity contribution is 0.0520. The van der Waals surface area contributed by atoms with Gasteiger partial charge < -0.3 is 9.47 Å². The molecule has 1 aromatic heterocycles. The van der Waals surface area contributed by atoms with Crippen molar-refractivity contribution in [3.05, 3.63) is 24.0 Å². The first-order valence-electron chi connectivity index (χ1n) is 5.42. The standard InChI is InChI=1S/C12H17NO3/c1-4-15-9(3)12(14)10-6-11(16-5-2)8-13-7-10/h6-9H,4-5H2,1-3H3. The van der Waals surface area contributed by atoms with Crippen molar-refractivity contribution in [1.29, 1.82) is 0 Å². The Morgan fingerprint density at radius 3 is 2.75 bits per heavy atom. The Morgan fingerprint density at radius 2 is 2.12 bits per heavy atom. The lowest BCUT2D eigenvalue weighted by Crippen LogP contribution is -2.21. The lowest BCUT2D eigenvalue weighted by Gasteiger charge is -2.10. The molecule has 0 fully saturated rings. The van der Waals surface area contributed by atoms with Gasteiger partial charge in [0.15, 0.2) is 5.78 Å². The average molecular weight is 223 g/mol. The third kappa shape index (κ3) is 3.31. The van der Waals surface area contributed by atoms with Crippen LogP contribution in [0.25, 0.3) is 0 Å². The zero-order valence-electron chi connectivity index (χ0n) is 9.90. The lowest BCUT2D eigenvalue weighted by atomic mass is 10.1. The van der Waals surface area contributed by atoms with Crippen molar-refractivity contribution in [2.24, 2.45) is 0 Å². The normalized spacial score (nSPS) is 12.2. The van der Waals surface area contributed by atoms with Crippen LogP contribution in [0, 0.1) is 0 Å². The third-order valence-corrected chi connectivity index (χ3v) is 2.09. The fraction of sp³-hybridized carbons (Fsp3) is 0.500. The molecule has 4 heteroatoms. The van der Waals surface area contributed by atoms with E-state index in [1.54, 1.807) is 19.2 Å². The van der Waals surface area contributed by atoms with Crippen molar-refractivity contribution >= 4 is 5.78 Å². The van der Waals surface area contributed by atoms with Gasteiger partial charge in [0.2, 0.25) is 0 Å². The molecule has 16 heavy (non-hydrogen) atoms. The van der Waals surface area contributed by atoms with Gasteiger partial charge in [-0.2, -0.15) is 0 Å². The molecule has 1 rings (SSSR count). The fourth-order valence-corrected chi connectivity index (χ4v) is 1.36. The van der Waals surface area contributed by atoms with Crippen LogP contribution in [0.5, 0.6) is 5.75 Å². The molecule has 1 aromatic rings. The summed E-state index contributed by atoms with van der Waals surface area (Å²) in [5.41, 5.74) is 0.520. The summed E-state index contributed by atoms with van der Waals surface area (Å²) in [5, 5.41) is 0. The molecule has 1 atom stereocenters. The van der Waals surface area contributed by atoms with E-state index in [9.17, 15) is 4.79 Å². The second-order valence-corrected chi connectivity index (χ2v) is 3.30. The van der Waals surface area contributed by atoms with Gasteiger partial charge in [-0.05, 0) is 26.8 Å². The van der Waals surface area contributed by atoms with E-state index in [2.05, 4.69) is 4.98 Å². The third-order valence-electron chi connectivity index (χ3n) is 2.09. The smallest absolute Gasteiger partial charge is 0.192 e. The van der Waals surface area contributed by atoms with Gasteiger partial charge in [-0.15, -0.1) is 0 Å². The Hall–Kier alpha value is -1.42. The Morgan fingerprint density at radius 1 is 1.38 bits per heavy atom. The van der Waals surface area contributed by atoms with Crippen LogP contribution in [0.1, 0.15) is 31.1 Å². The van der Waals surface area contributed by atoms with Crippen LogP contribution in [-0.4, -0.2) is 30.1 Å². The van der Waals surface area contributed by atoms with Gasteiger partial charge in [-0.3, -0.25) is 9.78 Å². The Bertz CT molecular complexity index is 352. The summed E-state index contributed by atoms with van der Waals surface area (Å²) >= 11 is 0. The molecule has 0 amide bonds. The van der Waals surface area contributed by atoms with E-state index < -0.39 is 6.10 Å². The highest BCUT2D eigenvalue weighted by Crippen LogP contribution is 2.13. The van der Waals surface area contributed by atoms with E-state index in [1.807, 2.05) is 13.8 Å². The number of hydrogen-bond donors (Lipinski definition) is 0. The summed E-state index contributed by atoms with van der Waals surface area (Å²) in [6.45, 7) is 6.56. The van der Waals surface area contributed by atoms with E-state index in [-0.39, 0.29) is 5.78 Å². The van der Waals surface area contributed by atoms with Crippen molar-refractivity contribution in [1.82, 2.24) is 4.98 Å². The zero-order valence-corrected chi connectivity index (χ0v) is 9.90. The number of Topliss-reactive ketones (excluding diaryl/α,β-unsaturated/α-hetero) is 1. The molecule has 0 radical (unpaired) electrons. The molecule has 0 aliphatic heterocycles. The monoisotopic (exact) mass is 223 g/mol. The van der Waals surface area contributed by atoms with Crippen molar-refractivity contribution in [2.75, 3.05) is 13.2 Å². The molecule has 0 aliphatic carbocycles. The molecule has 0 saturated carbocycles. The number of aromatic nitrogens is 1.